The quantitative estimate of drug-likeness (QED) is 0.622. The zero-order valence-corrected chi connectivity index (χ0v) is 15.3. The predicted octanol–water partition coefficient (Wildman–Crippen LogP) is 3.22. The van der Waals surface area contributed by atoms with E-state index in [0.717, 1.165) is 10.6 Å². The van der Waals surface area contributed by atoms with Gasteiger partial charge in [-0.15, -0.1) is 11.6 Å². The number of aromatic hydroxyl groups is 2. The van der Waals surface area contributed by atoms with Gasteiger partial charge in [0.1, 0.15) is 17.3 Å². The van der Waals surface area contributed by atoms with Gasteiger partial charge >= 0.3 is 6.18 Å². The summed E-state index contributed by atoms with van der Waals surface area (Å²) in [6.07, 6.45) is -6.01. The van der Waals surface area contributed by atoms with Gasteiger partial charge in [0.05, 0.1) is 39.4 Å². The molecule has 1 aromatic carbocycles. The second-order valence-electron chi connectivity index (χ2n) is 7.23. The van der Waals surface area contributed by atoms with Crippen molar-refractivity contribution in [1.82, 2.24) is 4.57 Å². The summed E-state index contributed by atoms with van der Waals surface area (Å²) in [5.41, 5.74) is -4.62. The van der Waals surface area contributed by atoms with E-state index in [0.29, 0.717) is 6.07 Å². The maximum atomic E-state index is 13.3. The van der Waals surface area contributed by atoms with Crippen LogP contribution in [0.15, 0.2) is 18.2 Å². The van der Waals surface area contributed by atoms with Gasteiger partial charge in [-0.2, -0.15) is 18.4 Å². The lowest BCUT2D eigenvalue weighted by Gasteiger charge is -2.29. The maximum absolute atomic E-state index is 13.3. The van der Waals surface area contributed by atoms with E-state index < -0.39 is 51.7 Å². The normalized spacial score (nSPS) is 31.1. The molecule has 4 atom stereocenters. The van der Waals surface area contributed by atoms with Crippen molar-refractivity contribution in [3.05, 3.63) is 40.5 Å². The second kappa shape index (κ2) is 5.35. The number of aliphatic hydroxyl groups is 1. The van der Waals surface area contributed by atoms with Crippen LogP contribution in [-0.4, -0.2) is 31.4 Å². The number of fused-ring (bicyclic) bond motifs is 5. The van der Waals surface area contributed by atoms with Crippen molar-refractivity contribution >= 4 is 11.6 Å². The van der Waals surface area contributed by atoms with Crippen LogP contribution < -0.4 is 0 Å². The molecule has 3 heterocycles. The van der Waals surface area contributed by atoms with Crippen LogP contribution in [0.4, 0.5) is 13.2 Å². The molecule has 2 aromatic rings. The van der Waals surface area contributed by atoms with Gasteiger partial charge in [0.2, 0.25) is 11.8 Å². The molecule has 0 radical (unpaired) electrons. The first kappa shape index (κ1) is 18.9. The molecule has 148 valence electrons. The van der Waals surface area contributed by atoms with Crippen LogP contribution in [0.5, 0.6) is 11.8 Å². The van der Waals surface area contributed by atoms with E-state index in [1.165, 1.54) is 26.0 Å². The van der Waals surface area contributed by atoms with E-state index in [2.05, 4.69) is 0 Å². The third kappa shape index (κ3) is 2.05. The molecule has 10 heteroatoms. The highest BCUT2D eigenvalue weighted by molar-refractivity contribution is 6.22. The van der Waals surface area contributed by atoms with Gasteiger partial charge in [-0.05, 0) is 32.0 Å². The number of rotatable bonds is 1. The van der Waals surface area contributed by atoms with Crippen molar-refractivity contribution in [3.63, 3.8) is 0 Å². The van der Waals surface area contributed by atoms with Crippen molar-refractivity contribution in [2.24, 2.45) is 0 Å². The van der Waals surface area contributed by atoms with Gasteiger partial charge in [0.15, 0.2) is 0 Å². The SMILES string of the molecule is C[C@]12O[C@](C)(c3c1c(O)n(-c1ccc(C#N)c(C(F)(F)F)c1)c3O)[C@@H](Cl)[C@H]2O. The largest absolute Gasteiger partial charge is 0.494 e. The standard InChI is InChI=1S/C18H14ClF3N2O4/c1-16-10-11(17(2,28-16)13(25)12(16)19)15(27)24(14(10)26)8-4-3-7(6-23)9(5-8)18(20,21)22/h3-5,12-13,25-27H,1-2H3/t12-,13+,16+,17-/m0/s1. The summed E-state index contributed by atoms with van der Waals surface area (Å²) in [5, 5.41) is 39.9. The molecule has 4 rings (SSSR count). The minimum Gasteiger partial charge on any atom is -0.494 e. The van der Waals surface area contributed by atoms with Crippen LogP contribution in [0.3, 0.4) is 0 Å². The van der Waals surface area contributed by atoms with Crippen molar-refractivity contribution in [3.8, 4) is 23.5 Å². The van der Waals surface area contributed by atoms with E-state index in [4.69, 9.17) is 21.6 Å². The highest BCUT2D eigenvalue weighted by atomic mass is 35.5. The van der Waals surface area contributed by atoms with Gasteiger partial charge in [0, 0.05) is 0 Å². The predicted molar refractivity (Wildman–Crippen MR) is 90.3 cm³/mol. The van der Waals surface area contributed by atoms with Crippen LogP contribution in [-0.2, 0) is 22.1 Å². The second-order valence-corrected chi connectivity index (χ2v) is 7.71. The summed E-state index contributed by atoms with van der Waals surface area (Å²) in [7, 11) is 0. The van der Waals surface area contributed by atoms with Gasteiger partial charge in [0.25, 0.3) is 0 Å². The zero-order valence-electron chi connectivity index (χ0n) is 14.5. The fourth-order valence-corrected chi connectivity index (χ4v) is 4.66. The summed E-state index contributed by atoms with van der Waals surface area (Å²) in [6.45, 7) is 3.00. The third-order valence-electron chi connectivity index (χ3n) is 5.59. The average Bonchev–Trinajstić information content (AvgIpc) is 3.10. The number of halogens is 4. The molecule has 2 bridgehead atoms. The Morgan fingerprint density at radius 2 is 1.75 bits per heavy atom. The molecule has 1 aromatic heterocycles. The molecule has 3 N–H and O–H groups in total. The number of nitriles is 1. The number of hydrogen-bond acceptors (Lipinski definition) is 5. The fourth-order valence-electron chi connectivity index (χ4n) is 4.26. The van der Waals surface area contributed by atoms with Gasteiger partial charge in [-0.25, -0.2) is 0 Å². The lowest BCUT2D eigenvalue weighted by molar-refractivity contribution is -0.137. The summed E-state index contributed by atoms with van der Waals surface area (Å²) in [5.74, 6) is -1.12. The summed E-state index contributed by atoms with van der Waals surface area (Å²) in [4.78, 5) is 0. The number of benzene rings is 1. The Balaban J connectivity index is 1.99. The Kier molecular flexibility index (Phi) is 3.61. The van der Waals surface area contributed by atoms with E-state index in [-0.39, 0.29) is 16.8 Å². The van der Waals surface area contributed by atoms with Crippen LogP contribution in [0.25, 0.3) is 5.69 Å². The minimum atomic E-state index is -4.81. The molecule has 1 saturated heterocycles. The topological polar surface area (TPSA) is 98.6 Å². The summed E-state index contributed by atoms with van der Waals surface area (Å²) >= 11 is 6.26. The Labute approximate surface area is 162 Å². The number of aromatic nitrogens is 1. The van der Waals surface area contributed by atoms with Gasteiger partial charge in [-0.3, -0.25) is 4.57 Å². The van der Waals surface area contributed by atoms with Crippen LogP contribution in [0.2, 0.25) is 0 Å². The van der Waals surface area contributed by atoms with Gasteiger partial charge in [-0.1, -0.05) is 0 Å². The van der Waals surface area contributed by atoms with E-state index in [1.54, 1.807) is 0 Å². The van der Waals surface area contributed by atoms with E-state index in [9.17, 15) is 28.5 Å². The first-order chi connectivity index (χ1) is 12.9. The molecule has 0 amide bonds. The molecule has 2 aliphatic rings. The van der Waals surface area contributed by atoms with Crippen molar-refractivity contribution in [2.75, 3.05) is 0 Å². The van der Waals surface area contributed by atoms with Crippen molar-refractivity contribution in [1.29, 1.82) is 5.26 Å². The molecule has 2 aliphatic heterocycles. The Morgan fingerprint density at radius 1 is 1.18 bits per heavy atom. The number of alkyl halides is 4. The average molecular weight is 415 g/mol. The van der Waals surface area contributed by atoms with Crippen molar-refractivity contribution < 1.29 is 33.2 Å². The molecule has 0 aliphatic carbocycles. The highest BCUT2D eigenvalue weighted by Crippen LogP contribution is 2.65. The number of nitrogens with zero attached hydrogens (tertiary/aromatic N) is 2. The first-order valence-electron chi connectivity index (χ1n) is 8.19. The van der Waals surface area contributed by atoms with Crippen LogP contribution in [0.1, 0.15) is 36.1 Å². The summed E-state index contributed by atoms with van der Waals surface area (Å²) in [6, 6.07) is 4.26. The molecule has 0 spiro atoms. The smallest absolute Gasteiger partial charge is 0.417 e. The van der Waals surface area contributed by atoms with Gasteiger partial charge < -0.3 is 20.1 Å². The zero-order chi connectivity index (χ0) is 20.8. The van der Waals surface area contributed by atoms with E-state index >= 15 is 0 Å². The Hall–Kier alpha value is -2.41. The van der Waals surface area contributed by atoms with Crippen molar-refractivity contribution in [2.45, 2.75) is 42.7 Å². The Morgan fingerprint density at radius 3 is 2.29 bits per heavy atom. The number of hydrogen-bond donors (Lipinski definition) is 3. The Bertz CT molecular complexity index is 1020. The third-order valence-corrected chi connectivity index (χ3v) is 6.25. The van der Waals surface area contributed by atoms with E-state index in [1.807, 2.05) is 0 Å². The summed E-state index contributed by atoms with van der Waals surface area (Å²) < 4.78 is 46.5. The molecule has 0 unspecified atom stereocenters. The molecule has 6 nitrogen and oxygen atoms in total. The molecular formula is C18H14ClF3N2O4. The molecule has 0 saturated carbocycles. The van der Waals surface area contributed by atoms with Crippen LogP contribution >= 0.6 is 11.6 Å². The first-order valence-corrected chi connectivity index (χ1v) is 8.63. The monoisotopic (exact) mass is 414 g/mol. The number of ether oxygens (including phenoxy) is 1. The number of aliphatic hydroxyl groups excluding tert-OH is 1. The van der Waals surface area contributed by atoms with Crippen LogP contribution in [0, 0.1) is 11.3 Å². The highest BCUT2D eigenvalue weighted by Gasteiger charge is 2.69. The lowest BCUT2D eigenvalue weighted by atomic mass is 9.78. The fraction of sp³-hybridized carbons (Fsp3) is 0.389. The lowest BCUT2D eigenvalue weighted by Crippen LogP contribution is -2.41. The molecule has 1 fully saturated rings. The maximum Gasteiger partial charge on any atom is 0.417 e. The molecule has 28 heavy (non-hydrogen) atoms. The molecular weight excluding hydrogens is 401 g/mol. The minimum absolute atomic E-state index is 0.0646.